The van der Waals surface area contributed by atoms with Crippen molar-refractivity contribution in [3.63, 3.8) is 0 Å². The molecular formula is C21H20N4O. The number of rotatable bonds is 1. The van der Waals surface area contributed by atoms with Crippen LogP contribution in [0.3, 0.4) is 0 Å². The summed E-state index contributed by atoms with van der Waals surface area (Å²) >= 11 is 0. The van der Waals surface area contributed by atoms with Gasteiger partial charge in [-0.15, -0.1) is 6.42 Å². The second kappa shape index (κ2) is 6.64. The molecule has 1 aliphatic heterocycles. The van der Waals surface area contributed by atoms with E-state index in [-0.39, 0.29) is 11.9 Å². The lowest BCUT2D eigenvalue weighted by atomic mass is 10.0. The number of likely N-dealkylation sites (tertiary alicyclic amines) is 1. The molecule has 2 aromatic heterocycles. The topological polar surface area (TPSA) is 50.5 Å². The van der Waals surface area contributed by atoms with Gasteiger partial charge in [-0.25, -0.2) is 9.50 Å². The van der Waals surface area contributed by atoms with Crippen LogP contribution >= 0.6 is 0 Å². The quantitative estimate of drug-likeness (QED) is 0.497. The summed E-state index contributed by atoms with van der Waals surface area (Å²) in [4.78, 5) is 18.8. The van der Waals surface area contributed by atoms with Gasteiger partial charge in [0.25, 0.3) is 5.91 Å². The molecule has 5 nitrogen and oxygen atoms in total. The highest BCUT2D eigenvalue weighted by Crippen LogP contribution is 2.32. The molecule has 0 N–H and O–H groups in total. The van der Waals surface area contributed by atoms with Crippen LogP contribution in [0.25, 0.3) is 16.8 Å². The number of fused-ring (bicyclic) bond motifs is 2. The molecule has 3 heterocycles. The maximum absolute atomic E-state index is 12.7. The highest BCUT2D eigenvalue weighted by Gasteiger charge is 2.28. The third-order valence-corrected chi connectivity index (χ3v) is 4.92. The minimum absolute atomic E-state index is 0.0874. The molecule has 3 aliphatic rings. The van der Waals surface area contributed by atoms with Crippen LogP contribution in [-0.4, -0.2) is 38.0 Å². The van der Waals surface area contributed by atoms with Gasteiger partial charge in [-0.05, 0) is 49.4 Å². The van der Waals surface area contributed by atoms with Crippen molar-refractivity contribution in [1.82, 2.24) is 19.5 Å². The summed E-state index contributed by atoms with van der Waals surface area (Å²) in [6.07, 6.45) is 12.2. The summed E-state index contributed by atoms with van der Waals surface area (Å²) in [5.74, 6) is 2.47. The molecule has 0 saturated carbocycles. The number of terminal acetylenes is 1. The Morgan fingerprint density at radius 1 is 1.27 bits per heavy atom. The largest absolute Gasteiger partial charge is 0.335 e. The molecule has 26 heavy (non-hydrogen) atoms. The van der Waals surface area contributed by atoms with Crippen LogP contribution in [0.2, 0.25) is 0 Å². The lowest BCUT2D eigenvalue weighted by molar-refractivity contribution is 0.0629. The van der Waals surface area contributed by atoms with Crippen molar-refractivity contribution >= 4 is 11.6 Å². The summed E-state index contributed by atoms with van der Waals surface area (Å²) in [6.45, 7) is 2.84. The minimum Gasteiger partial charge on any atom is -0.335 e. The van der Waals surface area contributed by atoms with E-state index < -0.39 is 0 Å². The fourth-order valence-corrected chi connectivity index (χ4v) is 3.38. The predicted octanol–water partition coefficient (Wildman–Crippen LogP) is 3.39. The zero-order valence-corrected chi connectivity index (χ0v) is 14.7. The molecule has 1 unspecified atom stereocenters. The maximum Gasteiger partial charge on any atom is 0.276 e. The number of carbonyl (C=O) groups is 1. The Labute approximate surface area is 152 Å². The lowest BCUT2D eigenvalue weighted by Crippen LogP contribution is -2.42. The number of nitrogens with zero attached hydrogens (tertiary/aromatic N) is 4. The summed E-state index contributed by atoms with van der Waals surface area (Å²) in [7, 11) is 0. The molecule has 1 fully saturated rings. The molecular weight excluding hydrogens is 324 g/mol. The molecule has 5 heteroatoms. The van der Waals surface area contributed by atoms with Crippen LogP contribution in [-0.2, 0) is 0 Å². The van der Waals surface area contributed by atoms with E-state index in [4.69, 9.17) is 6.42 Å². The van der Waals surface area contributed by atoms with Crippen LogP contribution in [0.1, 0.15) is 42.2 Å². The first kappa shape index (κ1) is 16.3. The van der Waals surface area contributed by atoms with Gasteiger partial charge in [0.05, 0.1) is 0 Å². The van der Waals surface area contributed by atoms with E-state index >= 15 is 0 Å². The van der Waals surface area contributed by atoms with E-state index in [0.717, 1.165) is 19.4 Å². The van der Waals surface area contributed by atoms with Crippen molar-refractivity contribution in [2.24, 2.45) is 0 Å². The van der Waals surface area contributed by atoms with Gasteiger partial charge in [-0.3, -0.25) is 4.79 Å². The highest BCUT2D eigenvalue weighted by molar-refractivity contribution is 5.97. The first-order valence-corrected chi connectivity index (χ1v) is 8.90. The van der Waals surface area contributed by atoms with Gasteiger partial charge in [0.15, 0.2) is 11.3 Å². The molecule has 1 amide bonds. The van der Waals surface area contributed by atoms with Gasteiger partial charge in [0.1, 0.15) is 5.56 Å². The average Bonchev–Trinajstić information content (AvgIpc) is 3.11. The van der Waals surface area contributed by atoms with Crippen LogP contribution < -0.4 is 0 Å². The van der Waals surface area contributed by atoms with Crippen molar-refractivity contribution in [3.8, 4) is 23.5 Å². The van der Waals surface area contributed by atoms with Gasteiger partial charge in [-0.1, -0.05) is 24.1 Å². The Hall–Kier alpha value is -3.13. The number of benzene rings is 1. The number of piperidine rings is 1. The van der Waals surface area contributed by atoms with E-state index in [2.05, 4.69) is 47.2 Å². The zero-order valence-electron chi connectivity index (χ0n) is 14.7. The molecule has 0 bridgehead atoms. The molecule has 1 saturated heterocycles. The first-order chi connectivity index (χ1) is 12.7. The zero-order chi connectivity index (χ0) is 18.1. The SMILES string of the molecule is C#Cc1c(C(=O)N2CCCCC2C)nn2cccnc12.c1cc2cc-2c1. The van der Waals surface area contributed by atoms with E-state index in [1.165, 1.54) is 17.5 Å². The Morgan fingerprint density at radius 2 is 2.08 bits per heavy atom. The Bertz CT molecular complexity index is 997. The number of hydrogen-bond donors (Lipinski definition) is 0. The van der Waals surface area contributed by atoms with Crippen molar-refractivity contribution < 1.29 is 4.79 Å². The van der Waals surface area contributed by atoms with E-state index in [9.17, 15) is 4.79 Å². The lowest BCUT2D eigenvalue weighted by Gasteiger charge is -2.32. The Balaban J connectivity index is 0.000000233. The molecule has 0 spiro atoms. The Kier molecular flexibility index (Phi) is 4.18. The minimum atomic E-state index is -0.0874. The number of hydrogen-bond acceptors (Lipinski definition) is 3. The normalized spacial score (nSPS) is 17.2. The average molecular weight is 344 g/mol. The third kappa shape index (κ3) is 2.95. The van der Waals surface area contributed by atoms with Crippen LogP contribution in [0.15, 0.2) is 42.7 Å². The summed E-state index contributed by atoms with van der Waals surface area (Å²) in [5.41, 5.74) is 4.22. The standard InChI is InChI=1S/C15H16N4O.C6H4/c1-3-12-13(17-19-10-6-8-16-14(12)19)15(20)18-9-5-4-7-11(18)2;1-2-5-4-6(5)3-1/h1,6,8,10-11H,4-5,7,9H2,2H3;1-4H. The van der Waals surface area contributed by atoms with Crippen LogP contribution in [0.5, 0.6) is 0 Å². The number of amides is 1. The van der Waals surface area contributed by atoms with E-state index in [1.54, 1.807) is 23.0 Å². The van der Waals surface area contributed by atoms with E-state index in [0.29, 0.717) is 16.9 Å². The second-order valence-electron chi connectivity index (χ2n) is 6.68. The van der Waals surface area contributed by atoms with Crippen molar-refractivity contribution in [2.75, 3.05) is 6.54 Å². The highest BCUT2D eigenvalue weighted by atomic mass is 16.2. The Morgan fingerprint density at radius 3 is 2.69 bits per heavy atom. The molecule has 0 radical (unpaired) electrons. The number of aromatic nitrogens is 3. The van der Waals surface area contributed by atoms with Gasteiger partial charge in [0.2, 0.25) is 0 Å². The first-order valence-electron chi connectivity index (χ1n) is 8.90. The fraction of sp³-hybridized carbons (Fsp3) is 0.286. The van der Waals surface area contributed by atoms with Gasteiger partial charge >= 0.3 is 0 Å². The smallest absolute Gasteiger partial charge is 0.276 e. The van der Waals surface area contributed by atoms with E-state index in [1.807, 2.05) is 4.90 Å². The fourth-order valence-electron chi connectivity index (χ4n) is 3.38. The van der Waals surface area contributed by atoms with Gasteiger partial charge in [-0.2, -0.15) is 5.10 Å². The summed E-state index contributed by atoms with van der Waals surface area (Å²) in [6, 6.07) is 10.5. The second-order valence-corrected chi connectivity index (χ2v) is 6.68. The molecule has 0 aromatic carbocycles. The van der Waals surface area contributed by atoms with Crippen LogP contribution in [0.4, 0.5) is 0 Å². The summed E-state index contributed by atoms with van der Waals surface area (Å²) in [5, 5.41) is 4.31. The molecule has 5 rings (SSSR count). The molecule has 1 atom stereocenters. The predicted molar refractivity (Wildman–Crippen MR) is 101 cm³/mol. The summed E-state index contributed by atoms with van der Waals surface area (Å²) < 4.78 is 1.57. The third-order valence-electron chi connectivity index (χ3n) is 4.92. The maximum atomic E-state index is 12.7. The molecule has 130 valence electrons. The van der Waals surface area contributed by atoms with Crippen molar-refractivity contribution in [2.45, 2.75) is 32.2 Å². The van der Waals surface area contributed by atoms with Crippen molar-refractivity contribution in [1.29, 1.82) is 0 Å². The molecule has 2 aliphatic carbocycles. The van der Waals surface area contributed by atoms with Crippen molar-refractivity contribution in [3.05, 3.63) is 54.0 Å². The molecule has 2 aromatic rings. The van der Waals surface area contributed by atoms with Gasteiger partial charge < -0.3 is 4.90 Å². The van der Waals surface area contributed by atoms with Crippen LogP contribution in [0, 0.1) is 12.3 Å². The number of carbonyl (C=O) groups excluding carboxylic acids is 1. The van der Waals surface area contributed by atoms with Gasteiger partial charge in [0, 0.05) is 25.0 Å². The monoisotopic (exact) mass is 344 g/mol.